The molecule has 0 aromatic heterocycles. The van der Waals surface area contributed by atoms with E-state index in [1.165, 1.54) is 0 Å². The van der Waals surface area contributed by atoms with E-state index in [1.54, 1.807) is 17.0 Å². The van der Waals surface area contributed by atoms with Gasteiger partial charge in [-0.15, -0.1) is 0 Å². The Morgan fingerprint density at radius 2 is 2.16 bits per heavy atom. The number of carbonyl (C=O) groups is 2. The average Bonchev–Trinajstić information content (AvgIpc) is 2.42. The second-order valence-corrected chi connectivity index (χ2v) is 4.40. The third-order valence-corrected chi connectivity index (χ3v) is 3.08. The van der Waals surface area contributed by atoms with Gasteiger partial charge in [-0.3, -0.25) is 9.59 Å². The molecule has 1 fully saturated rings. The molecule has 1 aromatic rings. The molecule has 1 aromatic carbocycles. The molecule has 1 heterocycles. The predicted molar refractivity (Wildman–Crippen MR) is 71.7 cm³/mol. The summed E-state index contributed by atoms with van der Waals surface area (Å²) in [6, 6.07) is 9.18. The van der Waals surface area contributed by atoms with Crippen LogP contribution in [0.5, 0.6) is 0 Å². The Morgan fingerprint density at radius 3 is 2.84 bits per heavy atom. The highest BCUT2D eigenvalue weighted by Gasteiger charge is 2.30. The van der Waals surface area contributed by atoms with Crippen molar-refractivity contribution in [1.82, 2.24) is 4.90 Å². The number of carbonyl (C=O) groups excluding carboxylic acids is 2. The van der Waals surface area contributed by atoms with Crippen molar-refractivity contribution >= 4 is 17.5 Å². The third kappa shape index (κ3) is 3.54. The van der Waals surface area contributed by atoms with Crippen LogP contribution in [0.15, 0.2) is 30.3 Å². The molecule has 1 N–H and O–H groups in total. The number of amides is 2. The molecule has 1 aliphatic rings. The highest BCUT2D eigenvalue weighted by Crippen LogP contribution is 2.12. The molecular formula is C14H18N2O3. The lowest BCUT2D eigenvalue weighted by Gasteiger charge is -2.31. The topological polar surface area (TPSA) is 58.6 Å². The first-order valence-corrected chi connectivity index (χ1v) is 6.46. The number of nitrogens with zero attached hydrogens (tertiary/aromatic N) is 1. The van der Waals surface area contributed by atoms with Crippen LogP contribution < -0.4 is 5.32 Å². The van der Waals surface area contributed by atoms with Gasteiger partial charge in [0.05, 0.1) is 13.0 Å². The lowest BCUT2D eigenvalue weighted by Crippen LogP contribution is -2.48. The van der Waals surface area contributed by atoms with Crippen LogP contribution in [0.25, 0.3) is 0 Å². The summed E-state index contributed by atoms with van der Waals surface area (Å²) in [5, 5.41) is 2.75. The Morgan fingerprint density at radius 1 is 1.42 bits per heavy atom. The van der Waals surface area contributed by atoms with Crippen LogP contribution in [0.1, 0.15) is 13.3 Å². The highest BCUT2D eigenvalue weighted by atomic mass is 16.5. The fraction of sp³-hybridized carbons (Fsp3) is 0.429. The summed E-state index contributed by atoms with van der Waals surface area (Å²) >= 11 is 0. The van der Waals surface area contributed by atoms with E-state index in [9.17, 15) is 9.59 Å². The van der Waals surface area contributed by atoms with E-state index in [0.29, 0.717) is 19.7 Å². The number of benzene rings is 1. The monoisotopic (exact) mass is 262 g/mol. The molecule has 0 radical (unpaired) electrons. The molecule has 1 aliphatic heterocycles. The molecule has 0 aliphatic carbocycles. The summed E-state index contributed by atoms with van der Waals surface area (Å²) in [6.45, 7) is 3.66. The maximum absolute atomic E-state index is 12.0. The summed E-state index contributed by atoms with van der Waals surface area (Å²) in [7, 11) is 0. The number of ether oxygens (including phenoxy) is 1. The molecule has 19 heavy (non-hydrogen) atoms. The first kappa shape index (κ1) is 13.5. The second kappa shape index (κ2) is 6.33. The van der Waals surface area contributed by atoms with E-state index in [4.69, 9.17) is 4.74 Å². The van der Waals surface area contributed by atoms with E-state index < -0.39 is 6.10 Å². The number of rotatable bonds is 4. The van der Waals surface area contributed by atoms with Gasteiger partial charge in [0.2, 0.25) is 5.91 Å². The van der Waals surface area contributed by atoms with Crippen LogP contribution in [0.2, 0.25) is 0 Å². The molecule has 2 rings (SSSR count). The molecule has 2 amide bonds. The molecule has 0 bridgehead atoms. The smallest absolute Gasteiger partial charge is 0.252 e. The van der Waals surface area contributed by atoms with Crippen molar-refractivity contribution in [1.29, 1.82) is 0 Å². The zero-order valence-electron chi connectivity index (χ0n) is 11.0. The largest absolute Gasteiger partial charge is 0.366 e. The zero-order valence-corrected chi connectivity index (χ0v) is 11.0. The Bertz CT molecular complexity index is 447. The molecular weight excluding hydrogens is 244 g/mol. The van der Waals surface area contributed by atoms with Crippen molar-refractivity contribution in [3.05, 3.63) is 30.3 Å². The standard InChI is InChI=1S/C14H18N2O3/c1-2-16-8-9-19-12(14(16)18)10-13(17)15-11-6-4-3-5-7-11/h3-7,12H,2,8-10H2,1H3,(H,15,17). The van der Waals surface area contributed by atoms with Crippen LogP contribution in [0.4, 0.5) is 5.69 Å². The van der Waals surface area contributed by atoms with Crippen LogP contribution in [-0.4, -0.2) is 42.5 Å². The number of hydrogen-bond acceptors (Lipinski definition) is 3. The predicted octanol–water partition coefficient (Wildman–Crippen LogP) is 1.26. The number of morpholine rings is 1. The van der Waals surface area contributed by atoms with Crippen LogP contribution in [0, 0.1) is 0 Å². The van der Waals surface area contributed by atoms with Gasteiger partial charge in [-0.05, 0) is 19.1 Å². The normalized spacial score (nSPS) is 19.3. The van der Waals surface area contributed by atoms with Gasteiger partial charge >= 0.3 is 0 Å². The highest BCUT2D eigenvalue weighted by molar-refractivity contribution is 5.95. The first-order valence-electron chi connectivity index (χ1n) is 6.46. The molecule has 5 heteroatoms. The van der Waals surface area contributed by atoms with Crippen LogP contribution in [0.3, 0.4) is 0 Å². The van der Waals surface area contributed by atoms with E-state index in [2.05, 4.69) is 5.32 Å². The maximum atomic E-state index is 12.0. The molecule has 0 saturated carbocycles. The van der Waals surface area contributed by atoms with Crippen LogP contribution in [-0.2, 0) is 14.3 Å². The van der Waals surface area contributed by atoms with Crippen molar-refractivity contribution < 1.29 is 14.3 Å². The fourth-order valence-electron chi connectivity index (χ4n) is 2.05. The summed E-state index contributed by atoms with van der Waals surface area (Å²) in [4.78, 5) is 25.5. The minimum absolute atomic E-state index is 0.0597. The van der Waals surface area contributed by atoms with Crippen molar-refractivity contribution in [2.45, 2.75) is 19.4 Å². The van der Waals surface area contributed by atoms with Gasteiger partial charge < -0.3 is 15.0 Å². The Kier molecular flexibility index (Phi) is 4.52. The Hall–Kier alpha value is -1.88. The lowest BCUT2D eigenvalue weighted by atomic mass is 10.1. The lowest BCUT2D eigenvalue weighted by molar-refractivity contribution is -0.154. The molecule has 0 spiro atoms. The van der Waals surface area contributed by atoms with E-state index >= 15 is 0 Å². The van der Waals surface area contributed by atoms with Crippen LogP contribution >= 0.6 is 0 Å². The molecule has 102 valence electrons. The van der Waals surface area contributed by atoms with Gasteiger partial charge in [0.1, 0.15) is 6.10 Å². The van der Waals surface area contributed by atoms with Crippen molar-refractivity contribution in [2.24, 2.45) is 0 Å². The quantitative estimate of drug-likeness (QED) is 0.888. The summed E-state index contributed by atoms with van der Waals surface area (Å²) in [5.41, 5.74) is 0.725. The average molecular weight is 262 g/mol. The minimum atomic E-state index is -0.655. The van der Waals surface area contributed by atoms with E-state index in [0.717, 1.165) is 5.69 Å². The number of anilines is 1. The Labute approximate surface area is 112 Å². The Balaban J connectivity index is 1.90. The summed E-state index contributed by atoms with van der Waals surface area (Å²) < 4.78 is 5.38. The van der Waals surface area contributed by atoms with Crippen molar-refractivity contribution in [3.63, 3.8) is 0 Å². The summed E-state index contributed by atoms with van der Waals surface area (Å²) in [6.07, 6.45) is -0.595. The van der Waals surface area contributed by atoms with E-state index in [-0.39, 0.29) is 18.2 Å². The van der Waals surface area contributed by atoms with Crippen molar-refractivity contribution in [3.8, 4) is 0 Å². The zero-order chi connectivity index (χ0) is 13.7. The maximum Gasteiger partial charge on any atom is 0.252 e. The molecule has 1 atom stereocenters. The van der Waals surface area contributed by atoms with Gasteiger partial charge in [0.15, 0.2) is 0 Å². The van der Waals surface area contributed by atoms with E-state index in [1.807, 2.05) is 25.1 Å². The minimum Gasteiger partial charge on any atom is -0.366 e. The fourth-order valence-corrected chi connectivity index (χ4v) is 2.05. The van der Waals surface area contributed by atoms with Crippen molar-refractivity contribution in [2.75, 3.05) is 25.0 Å². The second-order valence-electron chi connectivity index (χ2n) is 4.40. The number of likely N-dealkylation sites (N-methyl/N-ethyl adjacent to an activating group) is 1. The summed E-state index contributed by atoms with van der Waals surface area (Å²) in [5.74, 6) is -0.306. The number of para-hydroxylation sites is 1. The SMILES string of the molecule is CCN1CCOC(CC(=O)Nc2ccccc2)C1=O. The molecule has 1 saturated heterocycles. The van der Waals surface area contributed by atoms with Gasteiger partial charge in [-0.25, -0.2) is 0 Å². The number of nitrogens with one attached hydrogen (secondary N) is 1. The molecule has 1 unspecified atom stereocenters. The first-order chi connectivity index (χ1) is 9.20. The third-order valence-electron chi connectivity index (χ3n) is 3.08. The van der Waals surface area contributed by atoms with Gasteiger partial charge in [0, 0.05) is 18.8 Å². The van der Waals surface area contributed by atoms with Gasteiger partial charge in [-0.2, -0.15) is 0 Å². The van der Waals surface area contributed by atoms with Gasteiger partial charge in [0.25, 0.3) is 5.91 Å². The molecule has 5 nitrogen and oxygen atoms in total. The number of hydrogen-bond donors (Lipinski definition) is 1. The van der Waals surface area contributed by atoms with Gasteiger partial charge in [-0.1, -0.05) is 18.2 Å².